The Hall–Kier alpha value is -3.48. The van der Waals surface area contributed by atoms with Crippen LogP contribution in [-0.2, 0) is 13.0 Å². The zero-order valence-electron chi connectivity index (χ0n) is 17.0. The first-order chi connectivity index (χ1) is 14.1. The van der Waals surface area contributed by atoms with Crippen molar-refractivity contribution in [2.75, 3.05) is 27.8 Å². The third-order valence-corrected chi connectivity index (χ3v) is 4.63. The van der Waals surface area contributed by atoms with E-state index in [0.29, 0.717) is 24.6 Å². The third kappa shape index (κ3) is 5.28. The van der Waals surface area contributed by atoms with Gasteiger partial charge in [-0.15, -0.1) is 0 Å². The second-order valence-electron chi connectivity index (χ2n) is 6.65. The molecule has 3 aromatic rings. The van der Waals surface area contributed by atoms with Gasteiger partial charge in [-0.25, -0.2) is 9.48 Å². The number of likely N-dealkylation sites (N-methyl/N-ethyl adjacent to an activating group) is 1. The lowest BCUT2D eigenvalue weighted by atomic mass is 10.1. The third-order valence-electron chi connectivity index (χ3n) is 4.63. The average molecular weight is 394 g/mol. The molecule has 0 saturated carbocycles. The lowest BCUT2D eigenvalue weighted by molar-refractivity contribution is 0.209. The van der Waals surface area contributed by atoms with Gasteiger partial charge in [-0.3, -0.25) is 0 Å². The molecule has 0 aliphatic carbocycles. The van der Waals surface area contributed by atoms with Gasteiger partial charge < -0.3 is 19.7 Å². The van der Waals surface area contributed by atoms with E-state index in [2.05, 4.69) is 10.4 Å². The maximum absolute atomic E-state index is 12.4. The molecule has 7 heteroatoms. The molecule has 2 aromatic carbocycles. The summed E-state index contributed by atoms with van der Waals surface area (Å²) in [5, 5.41) is 7.27. The average Bonchev–Trinajstić information content (AvgIpc) is 3.25. The van der Waals surface area contributed by atoms with Crippen LogP contribution in [0.2, 0.25) is 0 Å². The van der Waals surface area contributed by atoms with Crippen molar-refractivity contribution in [2.45, 2.75) is 13.0 Å². The zero-order valence-corrected chi connectivity index (χ0v) is 17.0. The summed E-state index contributed by atoms with van der Waals surface area (Å²) in [4.78, 5) is 14.0. The second-order valence-corrected chi connectivity index (χ2v) is 6.65. The summed E-state index contributed by atoms with van der Waals surface area (Å²) in [6, 6.07) is 15.5. The minimum Gasteiger partial charge on any atom is -0.493 e. The van der Waals surface area contributed by atoms with Gasteiger partial charge in [0.25, 0.3) is 0 Å². The fraction of sp³-hybridized carbons (Fsp3) is 0.273. The molecule has 29 heavy (non-hydrogen) atoms. The van der Waals surface area contributed by atoms with Crippen molar-refractivity contribution in [2.24, 2.45) is 0 Å². The number of carbonyl (C=O) groups excluding carboxylic acids is 1. The molecule has 152 valence electrons. The summed E-state index contributed by atoms with van der Waals surface area (Å²) in [5.41, 5.74) is 3.00. The van der Waals surface area contributed by atoms with Crippen molar-refractivity contribution >= 4 is 6.03 Å². The van der Waals surface area contributed by atoms with Crippen LogP contribution >= 0.6 is 0 Å². The number of amides is 2. The number of nitrogens with zero attached hydrogens (tertiary/aromatic N) is 3. The fourth-order valence-electron chi connectivity index (χ4n) is 2.92. The van der Waals surface area contributed by atoms with Crippen LogP contribution in [0.1, 0.15) is 11.1 Å². The normalized spacial score (nSPS) is 10.4. The van der Waals surface area contributed by atoms with Gasteiger partial charge >= 0.3 is 6.03 Å². The van der Waals surface area contributed by atoms with Gasteiger partial charge in [0.1, 0.15) is 0 Å². The van der Waals surface area contributed by atoms with Gasteiger partial charge in [0, 0.05) is 31.9 Å². The molecule has 0 saturated heterocycles. The van der Waals surface area contributed by atoms with Crippen LogP contribution in [0.5, 0.6) is 11.5 Å². The fourth-order valence-corrected chi connectivity index (χ4v) is 2.92. The molecule has 0 atom stereocenters. The first-order valence-corrected chi connectivity index (χ1v) is 9.39. The highest BCUT2D eigenvalue weighted by Gasteiger charge is 2.10. The molecule has 7 nitrogen and oxygen atoms in total. The number of urea groups is 1. The molecule has 1 aromatic heterocycles. The highest BCUT2D eigenvalue weighted by Crippen LogP contribution is 2.27. The Labute approximate surface area is 170 Å². The van der Waals surface area contributed by atoms with Crippen LogP contribution in [0, 0.1) is 0 Å². The Bertz CT molecular complexity index is 940. The maximum atomic E-state index is 12.4. The van der Waals surface area contributed by atoms with E-state index in [-0.39, 0.29) is 6.03 Å². The summed E-state index contributed by atoms with van der Waals surface area (Å²) < 4.78 is 12.4. The monoisotopic (exact) mass is 394 g/mol. The molecule has 0 unspecified atom stereocenters. The van der Waals surface area contributed by atoms with Crippen molar-refractivity contribution in [3.05, 3.63) is 72.1 Å². The number of aromatic nitrogens is 2. The first kappa shape index (κ1) is 20.3. The lowest BCUT2D eigenvalue weighted by Crippen LogP contribution is -2.37. The van der Waals surface area contributed by atoms with E-state index >= 15 is 0 Å². The summed E-state index contributed by atoms with van der Waals surface area (Å²) in [7, 11) is 5.00. The number of para-hydroxylation sites is 1. The summed E-state index contributed by atoms with van der Waals surface area (Å²) in [6.07, 6.45) is 4.40. The Morgan fingerprint density at radius 1 is 1.07 bits per heavy atom. The highest BCUT2D eigenvalue weighted by molar-refractivity contribution is 5.73. The largest absolute Gasteiger partial charge is 0.493 e. The van der Waals surface area contributed by atoms with Gasteiger partial charge in [0.05, 0.1) is 26.1 Å². The number of nitrogens with one attached hydrogen (secondary N) is 1. The van der Waals surface area contributed by atoms with E-state index in [0.717, 1.165) is 23.2 Å². The van der Waals surface area contributed by atoms with Crippen molar-refractivity contribution in [3.8, 4) is 17.2 Å². The standard InChI is InChI=1S/C22H26N4O3/c1-25(12-11-17-9-10-20(28-2)21(13-17)29-3)22(27)23-14-18-15-24-26(16-18)19-7-5-4-6-8-19/h4-10,13,15-16H,11-12,14H2,1-3H3,(H,23,27). The molecule has 1 N–H and O–H groups in total. The molecule has 0 radical (unpaired) electrons. The smallest absolute Gasteiger partial charge is 0.317 e. The molecule has 0 bridgehead atoms. The van der Waals surface area contributed by atoms with Gasteiger partial charge in [-0.2, -0.15) is 5.10 Å². The molecule has 0 spiro atoms. The van der Waals surface area contributed by atoms with Gasteiger partial charge in [-0.05, 0) is 36.2 Å². The van der Waals surface area contributed by atoms with E-state index in [9.17, 15) is 4.79 Å². The number of rotatable bonds is 8. The maximum Gasteiger partial charge on any atom is 0.317 e. The van der Waals surface area contributed by atoms with E-state index < -0.39 is 0 Å². The minimum absolute atomic E-state index is 0.127. The van der Waals surface area contributed by atoms with E-state index in [1.54, 1.807) is 37.0 Å². The SMILES string of the molecule is COc1ccc(CCN(C)C(=O)NCc2cnn(-c3ccccc3)c2)cc1OC. The molecule has 2 amide bonds. The molecule has 0 aliphatic rings. The van der Waals surface area contributed by atoms with Gasteiger partial charge in [-0.1, -0.05) is 24.3 Å². The number of carbonyl (C=O) groups is 1. The quantitative estimate of drug-likeness (QED) is 0.637. The van der Waals surface area contributed by atoms with Crippen LogP contribution in [0.4, 0.5) is 4.79 Å². The molecule has 0 aliphatic heterocycles. The van der Waals surface area contributed by atoms with E-state index in [4.69, 9.17) is 9.47 Å². The van der Waals surface area contributed by atoms with Crippen LogP contribution in [-0.4, -0.2) is 48.5 Å². The zero-order chi connectivity index (χ0) is 20.6. The number of benzene rings is 2. The number of methoxy groups -OCH3 is 2. The van der Waals surface area contributed by atoms with E-state index in [1.165, 1.54) is 0 Å². The molecule has 3 rings (SSSR count). The first-order valence-electron chi connectivity index (χ1n) is 9.39. The second kappa shape index (κ2) is 9.64. The van der Waals surface area contributed by atoms with Gasteiger partial charge in [0.2, 0.25) is 0 Å². The number of hydrogen-bond donors (Lipinski definition) is 1. The Balaban J connectivity index is 1.49. The number of ether oxygens (including phenoxy) is 2. The molecular formula is C22H26N4O3. The molecular weight excluding hydrogens is 368 g/mol. The molecule has 0 fully saturated rings. The Morgan fingerprint density at radius 2 is 1.83 bits per heavy atom. The number of hydrogen-bond acceptors (Lipinski definition) is 4. The topological polar surface area (TPSA) is 68.6 Å². The predicted octanol–water partition coefficient (Wildman–Crippen LogP) is 3.27. The van der Waals surface area contributed by atoms with Crippen molar-refractivity contribution in [1.29, 1.82) is 0 Å². The Morgan fingerprint density at radius 3 is 2.55 bits per heavy atom. The van der Waals surface area contributed by atoms with Crippen molar-refractivity contribution in [1.82, 2.24) is 20.0 Å². The Kier molecular flexibility index (Phi) is 6.73. The molecule has 1 heterocycles. The summed E-state index contributed by atoms with van der Waals surface area (Å²) in [5.74, 6) is 1.38. The van der Waals surface area contributed by atoms with Crippen LogP contribution < -0.4 is 14.8 Å². The van der Waals surface area contributed by atoms with Crippen molar-refractivity contribution < 1.29 is 14.3 Å². The van der Waals surface area contributed by atoms with E-state index in [1.807, 2.05) is 54.7 Å². The van der Waals surface area contributed by atoms with Crippen LogP contribution in [0.3, 0.4) is 0 Å². The van der Waals surface area contributed by atoms with Crippen molar-refractivity contribution in [3.63, 3.8) is 0 Å². The summed E-state index contributed by atoms with van der Waals surface area (Å²) >= 11 is 0. The lowest BCUT2D eigenvalue weighted by Gasteiger charge is -2.18. The van der Waals surface area contributed by atoms with Crippen LogP contribution in [0.25, 0.3) is 5.69 Å². The highest BCUT2D eigenvalue weighted by atomic mass is 16.5. The minimum atomic E-state index is -0.127. The van der Waals surface area contributed by atoms with Crippen LogP contribution in [0.15, 0.2) is 60.9 Å². The summed E-state index contributed by atoms with van der Waals surface area (Å²) in [6.45, 7) is 1.01. The predicted molar refractivity (Wildman–Crippen MR) is 112 cm³/mol. The van der Waals surface area contributed by atoms with Gasteiger partial charge in [0.15, 0.2) is 11.5 Å².